The van der Waals surface area contributed by atoms with Crippen molar-refractivity contribution in [2.24, 2.45) is 5.92 Å². The van der Waals surface area contributed by atoms with Crippen LogP contribution in [0.2, 0.25) is 0 Å². The van der Waals surface area contributed by atoms with Crippen molar-refractivity contribution in [2.75, 3.05) is 17.8 Å². The highest BCUT2D eigenvalue weighted by molar-refractivity contribution is 7.92. The Bertz CT molecular complexity index is 1060. The molecule has 3 rings (SSSR count). The number of aromatic nitrogens is 1. The van der Waals surface area contributed by atoms with E-state index in [1.807, 2.05) is 6.92 Å². The number of carbonyl (C=O) groups excluding carboxylic acids is 1. The van der Waals surface area contributed by atoms with Gasteiger partial charge in [0, 0.05) is 18.8 Å². The monoisotopic (exact) mass is 417 g/mol. The zero-order chi connectivity index (χ0) is 21.2. The van der Waals surface area contributed by atoms with E-state index in [0.717, 1.165) is 18.4 Å². The fraction of sp³-hybridized carbons (Fsp3) is 0.429. The molecule has 1 atom stereocenters. The Morgan fingerprint density at radius 1 is 1.14 bits per heavy atom. The lowest BCUT2D eigenvalue weighted by molar-refractivity contribution is -0.133. The number of carbonyl (C=O) groups is 1. The first-order valence-electron chi connectivity index (χ1n) is 9.75. The van der Waals surface area contributed by atoms with Crippen LogP contribution in [-0.4, -0.2) is 36.9 Å². The van der Waals surface area contributed by atoms with E-state index in [4.69, 9.17) is 0 Å². The molecule has 29 heavy (non-hydrogen) atoms. The van der Waals surface area contributed by atoms with Crippen molar-refractivity contribution in [1.82, 2.24) is 9.47 Å². The molecule has 0 radical (unpaired) electrons. The van der Waals surface area contributed by atoms with Gasteiger partial charge >= 0.3 is 0 Å². The molecule has 1 N–H and O–H groups in total. The number of benzene rings is 1. The summed E-state index contributed by atoms with van der Waals surface area (Å²) in [6.45, 7) is 6.98. The van der Waals surface area contributed by atoms with Crippen LogP contribution in [0.1, 0.15) is 31.0 Å². The standard InChI is InChI=1S/C21H27N3O4S/c1-15-6-9-18(10-7-15)29(27,28)22-19-11-8-17(3)24(21(19)26)14-20(25)23-12-4-5-16(2)13-23/h6-11,16,22H,4-5,12-14H2,1-3H3/t16-/m0/s1. The number of amides is 1. The molecule has 0 bridgehead atoms. The molecule has 0 aliphatic carbocycles. The zero-order valence-electron chi connectivity index (χ0n) is 17.0. The number of pyridine rings is 1. The van der Waals surface area contributed by atoms with E-state index in [9.17, 15) is 18.0 Å². The third kappa shape index (κ3) is 4.87. The fourth-order valence-corrected chi connectivity index (χ4v) is 4.57. The van der Waals surface area contributed by atoms with Crippen molar-refractivity contribution in [2.45, 2.75) is 45.1 Å². The molecule has 1 aromatic heterocycles. The van der Waals surface area contributed by atoms with Gasteiger partial charge in [0.25, 0.3) is 15.6 Å². The molecule has 2 aromatic rings. The maximum Gasteiger partial charge on any atom is 0.275 e. The quantitative estimate of drug-likeness (QED) is 0.810. The summed E-state index contributed by atoms with van der Waals surface area (Å²) in [7, 11) is -3.90. The summed E-state index contributed by atoms with van der Waals surface area (Å²) >= 11 is 0. The first kappa shape index (κ1) is 21.1. The number of likely N-dealkylation sites (tertiary alicyclic amines) is 1. The molecule has 1 aliphatic heterocycles. The predicted molar refractivity (Wildman–Crippen MR) is 112 cm³/mol. The Morgan fingerprint density at radius 2 is 1.83 bits per heavy atom. The van der Waals surface area contributed by atoms with E-state index in [1.165, 1.54) is 22.8 Å². The topological polar surface area (TPSA) is 88.5 Å². The van der Waals surface area contributed by atoms with E-state index in [1.54, 1.807) is 30.0 Å². The van der Waals surface area contributed by atoms with Crippen LogP contribution < -0.4 is 10.3 Å². The summed E-state index contributed by atoms with van der Waals surface area (Å²) < 4.78 is 29.0. The van der Waals surface area contributed by atoms with E-state index in [0.29, 0.717) is 24.7 Å². The van der Waals surface area contributed by atoms with Crippen LogP contribution in [0.4, 0.5) is 5.69 Å². The van der Waals surface area contributed by atoms with Crippen molar-refractivity contribution in [1.29, 1.82) is 0 Å². The fourth-order valence-electron chi connectivity index (χ4n) is 3.52. The average molecular weight is 418 g/mol. The van der Waals surface area contributed by atoms with Gasteiger partial charge in [0.05, 0.1) is 4.90 Å². The van der Waals surface area contributed by atoms with Crippen LogP contribution in [-0.2, 0) is 21.4 Å². The summed E-state index contributed by atoms with van der Waals surface area (Å²) in [6.07, 6.45) is 2.05. The Kier molecular flexibility index (Phi) is 6.12. The second kappa shape index (κ2) is 8.41. The SMILES string of the molecule is Cc1ccc(S(=O)(=O)Nc2ccc(C)n(CC(=O)N3CCC[C@H](C)C3)c2=O)cc1. The molecule has 1 fully saturated rings. The lowest BCUT2D eigenvalue weighted by Crippen LogP contribution is -2.42. The number of piperidine rings is 1. The van der Waals surface area contributed by atoms with Crippen LogP contribution in [0, 0.1) is 19.8 Å². The van der Waals surface area contributed by atoms with Crippen molar-refractivity contribution >= 4 is 21.6 Å². The smallest absolute Gasteiger partial charge is 0.275 e. The Morgan fingerprint density at radius 3 is 2.48 bits per heavy atom. The second-order valence-electron chi connectivity index (χ2n) is 7.79. The molecule has 8 heteroatoms. The van der Waals surface area contributed by atoms with Gasteiger partial charge in [-0.1, -0.05) is 24.6 Å². The number of rotatable bonds is 5. The highest BCUT2D eigenvalue weighted by Gasteiger charge is 2.23. The molecule has 0 saturated carbocycles. The Labute approximate surface area is 171 Å². The third-order valence-electron chi connectivity index (χ3n) is 5.27. The van der Waals surface area contributed by atoms with Gasteiger partial charge in [0.2, 0.25) is 5.91 Å². The number of anilines is 1. The third-order valence-corrected chi connectivity index (χ3v) is 6.65. The molecule has 2 heterocycles. The van der Waals surface area contributed by atoms with E-state index in [-0.39, 0.29) is 23.0 Å². The van der Waals surface area contributed by atoms with Gasteiger partial charge in [0.15, 0.2) is 0 Å². The maximum atomic E-state index is 12.9. The minimum atomic E-state index is -3.90. The van der Waals surface area contributed by atoms with Gasteiger partial charge in [-0.25, -0.2) is 8.42 Å². The maximum absolute atomic E-state index is 12.9. The van der Waals surface area contributed by atoms with Crippen molar-refractivity contribution in [3.05, 3.63) is 58.0 Å². The highest BCUT2D eigenvalue weighted by atomic mass is 32.2. The molecule has 1 aromatic carbocycles. The molecule has 1 amide bonds. The highest BCUT2D eigenvalue weighted by Crippen LogP contribution is 2.17. The van der Waals surface area contributed by atoms with E-state index < -0.39 is 15.6 Å². The van der Waals surface area contributed by atoms with Crippen LogP contribution in [0.5, 0.6) is 0 Å². The number of nitrogens with zero attached hydrogens (tertiary/aromatic N) is 2. The molecule has 156 valence electrons. The Hall–Kier alpha value is -2.61. The van der Waals surface area contributed by atoms with E-state index >= 15 is 0 Å². The number of hydrogen-bond donors (Lipinski definition) is 1. The van der Waals surface area contributed by atoms with Gasteiger partial charge < -0.3 is 9.47 Å². The molecule has 1 saturated heterocycles. The van der Waals surface area contributed by atoms with Gasteiger partial charge in [-0.2, -0.15) is 0 Å². The summed E-state index contributed by atoms with van der Waals surface area (Å²) in [6, 6.07) is 9.45. The largest absolute Gasteiger partial charge is 0.341 e. The molecule has 7 nitrogen and oxygen atoms in total. The first-order chi connectivity index (χ1) is 13.7. The van der Waals surface area contributed by atoms with Crippen LogP contribution in [0.25, 0.3) is 0 Å². The summed E-state index contributed by atoms with van der Waals surface area (Å²) in [4.78, 5) is 27.5. The van der Waals surface area contributed by atoms with Crippen molar-refractivity contribution < 1.29 is 13.2 Å². The average Bonchev–Trinajstić information content (AvgIpc) is 2.67. The van der Waals surface area contributed by atoms with Crippen LogP contribution in [0.3, 0.4) is 0 Å². The molecule has 0 unspecified atom stereocenters. The van der Waals surface area contributed by atoms with Gasteiger partial charge in [0.1, 0.15) is 12.2 Å². The lowest BCUT2D eigenvalue weighted by Gasteiger charge is -2.31. The van der Waals surface area contributed by atoms with Gasteiger partial charge in [-0.3, -0.25) is 14.3 Å². The minimum Gasteiger partial charge on any atom is -0.341 e. The minimum absolute atomic E-state index is 0.0732. The van der Waals surface area contributed by atoms with Gasteiger partial charge in [-0.05, 0) is 56.9 Å². The summed E-state index contributed by atoms with van der Waals surface area (Å²) in [5.74, 6) is 0.318. The Balaban J connectivity index is 1.84. The summed E-state index contributed by atoms with van der Waals surface area (Å²) in [5.41, 5.74) is 0.939. The first-order valence-corrected chi connectivity index (χ1v) is 11.2. The lowest BCUT2D eigenvalue weighted by atomic mass is 10.0. The molecule has 0 spiro atoms. The van der Waals surface area contributed by atoms with Crippen LogP contribution in [0.15, 0.2) is 46.1 Å². The van der Waals surface area contributed by atoms with E-state index in [2.05, 4.69) is 11.6 Å². The molecular formula is C21H27N3O4S. The van der Waals surface area contributed by atoms with Crippen LogP contribution >= 0.6 is 0 Å². The number of sulfonamides is 1. The summed E-state index contributed by atoms with van der Waals surface area (Å²) in [5, 5.41) is 0. The number of nitrogens with one attached hydrogen (secondary N) is 1. The zero-order valence-corrected chi connectivity index (χ0v) is 17.8. The number of aryl methyl sites for hydroxylation is 2. The second-order valence-corrected chi connectivity index (χ2v) is 9.47. The number of hydrogen-bond acceptors (Lipinski definition) is 4. The molecular weight excluding hydrogens is 390 g/mol. The normalized spacial score (nSPS) is 17.2. The molecule has 1 aliphatic rings. The van der Waals surface area contributed by atoms with Crippen molar-refractivity contribution in [3.63, 3.8) is 0 Å². The van der Waals surface area contributed by atoms with Gasteiger partial charge in [-0.15, -0.1) is 0 Å². The predicted octanol–water partition coefficient (Wildman–Crippen LogP) is 2.52. The van der Waals surface area contributed by atoms with Crippen molar-refractivity contribution in [3.8, 4) is 0 Å².